The summed E-state index contributed by atoms with van der Waals surface area (Å²) >= 11 is 4.77. The number of fused-ring (bicyclic) bond motifs is 1. The van der Waals surface area contributed by atoms with Gasteiger partial charge in [-0.1, -0.05) is 30.1 Å². The predicted molar refractivity (Wildman–Crippen MR) is 166 cm³/mol. The van der Waals surface area contributed by atoms with Gasteiger partial charge in [0.05, 0.1) is 53.2 Å². The Morgan fingerprint density at radius 1 is 1.17 bits per heavy atom. The van der Waals surface area contributed by atoms with Crippen LogP contribution in [-0.2, 0) is 9.53 Å². The molecule has 2 heterocycles. The van der Waals surface area contributed by atoms with E-state index in [1.807, 2.05) is 26.0 Å². The second kappa shape index (κ2) is 13.4. The molecule has 0 fully saturated rings. The molecule has 2 aromatic carbocycles. The summed E-state index contributed by atoms with van der Waals surface area (Å²) < 4.78 is 30.8. The summed E-state index contributed by atoms with van der Waals surface area (Å²) in [5.74, 6) is 1.53. The molecular weight excluding hydrogens is 624 g/mol. The van der Waals surface area contributed by atoms with E-state index in [0.29, 0.717) is 60.2 Å². The number of rotatable bonds is 11. The lowest BCUT2D eigenvalue weighted by atomic mass is 9.95. The van der Waals surface area contributed by atoms with Crippen LogP contribution < -0.4 is 33.8 Å². The molecule has 1 aliphatic heterocycles. The Morgan fingerprint density at radius 2 is 1.90 bits per heavy atom. The van der Waals surface area contributed by atoms with Crippen molar-refractivity contribution in [2.24, 2.45) is 4.99 Å². The molecule has 3 aromatic rings. The molecule has 42 heavy (non-hydrogen) atoms. The molecule has 0 bridgehead atoms. The Labute approximate surface area is 256 Å². The lowest BCUT2D eigenvalue weighted by molar-refractivity contribution is -0.139. The van der Waals surface area contributed by atoms with Crippen molar-refractivity contribution >= 4 is 39.3 Å². The van der Waals surface area contributed by atoms with E-state index in [4.69, 9.17) is 23.7 Å². The second-order valence-corrected chi connectivity index (χ2v) is 11.4. The van der Waals surface area contributed by atoms with Crippen molar-refractivity contribution in [1.82, 2.24) is 4.57 Å². The third-order valence-electron chi connectivity index (χ3n) is 6.28. The van der Waals surface area contributed by atoms with Gasteiger partial charge in [-0.05, 0) is 85.1 Å². The minimum Gasteiger partial charge on any atom is -0.493 e. The molecule has 0 aliphatic carbocycles. The maximum atomic E-state index is 14.0. The van der Waals surface area contributed by atoms with Gasteiger partial charge in [0.2, 0.25) is 0 Å². The Kier molecular flexibility index (Phi) is 9.95. The van der Waals surface area contributed by atoms with Crippen LogP contribution in [0.15, 0.2) is 68.5 Å². The smallest absolute Gasteiger partial charge is 0.338 e. The van der Waals surface area contributed by atoms with Gasteiger partial charge in [0.15, 0.2) is 27.8 Å². The number of thiazole rings is 1. The summed E-state index contributed by atoms with van der Waals surface area (Å²) in [6.07, 6.45) is 3.33. The van der Waals surface area contributed by atoms with Crippen molar-refractivity contribution < 1.29 is 28.5 Å². The molecule has 1 aromatic heterocycles. The highest BCUT2D eigenvalue weighted by Gasteiger charge is 2.34. The Balaban J connectivity index is 1.92. The van der Waals surface area contributed by atoms with Gasteiger partial charge >= 0.3 is 5.97 Å². The van der Waals surface area contributed by atoms with Gasteiger partial charge in [-0.15, -0.1) is 0 Å². The molecule has 0 N–H and O–H groups in total. The molecule has 1 aliphatic rings. The van der Waals surface area contributed by atoms with Crippen LogP contribution in [-0.4, -0.2) is 44.1 Å². The van der Waals surface area contributed by atoms with Crippen LogP contribution in [0.3, 0.4) is 0 Å². The lowest BCUT2D eigenvalue weighted by Gasteiger charge is -2.25. The molecule has 0 unspecified atom stereocenters. The number of hydrogen-bond acceptors (Lipinski definition) is 9. The number of carbonyl (C=O) groups excluding carboxylic acids is 1. The fourth-order valence-electron chi connectivity index (χ4n) is 4.57. The van der Waals surface area contributed by atoms with Gasteiger partial charge in [0.25, 0.3) is 5.56 Å². The number of halogens is 1. The number of nitrogens with zero attached hydrogens (tertiary/aromatic N) is 2. The summed E-state index contributed by atoms with van der Waals surface area (Å²) in [7, 11) is 3.09. The van der Waals surface area contributed by atoms with Gasteiger partial charge in [-0.3, -0.25) is 9.36 Å². The molecule has 11 heteroatoms. The fourth-order valence-corrected chi connectivity index (χ4v) is 6.19. The van der Waals surface area contributed by atoms with Crippen LogP contribution in [0.5, 0.6) is 23.0 Å². The van der Waals surface area contributed by atoms with Crippen molar-refractivity contribution in [2.75, 3.05) is 27.4 Å². The van der Waals surface area contributed by atoms with E-state index in [1.54, 1.807) is 58.4 Å². The average Bonchev–Trinajstić information content (AvgIpc) is 3.25. The van der Waals surface area contributed by atoms with Gasteiger partial charge in [-0.2, -0.15) is 0 Å². The summed E-state index contributed by atoms with van der Waals surface area (Å²) in [5.41, 5.74) is 1.82. The maximum Gasteiger partial charge on any atom is 0.338 e. The summed E-state index contributed by atoms with van der Waals surface area (Å²) in [6.45, 7) is 11.5. The average molecular weight is 658 g/mol. The number of allylic oxidation sites excluding steroid dienone is 1. The number of esters is 1. The zero-order valence-electron chi connectivity index (χ0n) is 24.4. The van der Waals surface area contributed by atoms with Crippen LogP contribution in [0.25, 0.3) is 6.08 Å². The molecule has 222 valence electrons. The van der Waals surface area contributed by atoms with E-state index < -0.39 is 12.0 Å². The minimum atomic E-state index is -0.791. The summed E-state index contributed by atoms with van der Waals surface area (Å²) in [6, 6.07) is 8.21. The molecule has 4 rings (SSSR count). The molecule has 0 saturated carbocycles. The normalized spacial score (nSPS) is 14.8. The first kappa shape index (κ1) is 31.1. The third kappa shape index (κ3) is 6.32. The minimum absolute atomic E-state index is 0.0686. The monoisotopic (exact) mass is 656 g/mol. The maximum absolute atomic E-state index is 14.0. The molecule has 0 amide bonds. The number of benzene rings is 2. The van der Waals surface area contributed by atoms with E-state index in [0.717, 1.165) is 0 Å². The molecule has 9 nitrogen and oxygen atoms in total. The fraction of sp³-hybridized carbons (Fsp3) is 0.323. The molecule has 0 radical (unpaired) electrons. The molecule has 0 spiro atoms. The Hall–Kier alpha value is -3.83. The van der Waals surface area contributed by atoms with Gasteiger partial charge in [0, 0.05) is 0 Å². The van der Waals surface area contributed by atoms with E-state index in [-0.39, 0.29) is 23.8 Å². The number of methoxy groups -OCH3 is 2. The zero-order valence-corrected chi connectivity index (χ0v) is 26.8. The van der Waals surface area contributed by atoms with Crippen LogP contribution in [0.1, 0.15) is 44.9 Å². The first-order chi connectivity index (χ1) is 20.1. The van der Waals surface area contributed by atoms with Crippen LogP contribution in [0, 0.1) is 0 Å². The lowest BCUT2D eigenvalue weighted by Crippen LogP contribution is -2.40. The second-order valence-electron chi connectivity index (χ2n) is 9.51. The quantitative estimate of drug-likeness (QED) is 0.213. The van der Waals surface area contributed by atoms with Crippen LogP contribution >= 0.6 is 27.3 Å². The number of carbonyl (C=O) groups is 1. The first-order valence-electron chi connectivity index (χ1n) is 13.3. The molecule has 0 saturated heterocycles. The van der Waals surface area contributed by atoms with Crippen molar-refractivity contribution in [1.29, 1.82) is 0 Å². The van der Waals surface area contributed by atoms with E-state index >= 15 is 0 Å². The number of aromatic nitrogens is 1. The van der Waals surface area contributed by atoms with Gasteiger partial charge in [0.1, 0.15) is 6.61 Å². The van der Waals surface area contributed by atoms with E-state index in [2.05, 4.69) is 27.5 Å². The highest BCUT2D eigenvalue weighted by molar-refractivity contribution is 9.10. The highest BCUT2D eigenvalue weighted by atomic mass is 79.9. The third-order valence-corrected chi connectivity index (χ3v) is 7.85. The van der Waals surface area contributed by atoms with Gasteiger partial charge < -0.3 is 23.7 Å². The number of ether oxygens (including phenoxy) is 5. The molecular formula is C31H33BrN2O7S. The Bertz CT molecular complexity index is 1720. The van der Waals surface area contributed by atoms with E-state index in [1.165, 1.54) is 15.9 Å². The standard InChI is InChI=1S/C31H33BrN2O7S/c1-8-12-40-28-21(32)13-19(14-24(28)38-7)15-25-29(35)34-27(20-10-11-22(41-17(3)4)23(16-20)37-6)26(30(36)39-9-2)18(5)33-31(34)42-25/h8,10-11,13-17,27H,1,9,12H2,2-7H3/b25-15-/t27-/m0/s1. The Morgan fingerprint density at radius 3 is 2.55 bits per heavy atom. The largest absolute Gasteiger partial charge is 0.493 e. The van der Waals surface area contributed by atoms with Crippen molar-refractivity contribution in [3.63, 3.8) is 0 Å². The van der Waals surface area contributed by atoms with Gasteiger partial charge in [-0.25, -0.2) is 9.79 Å². The van der Waals surface area contributed by atoms with E-state index in [9.17, 15) is 9.59 Å². The van der Waals surface area contributed by atoms with Crippen LogP contribution in [0.4, 0.5) is 0 Å². The van der Waals surface area contributed by atoms with Crippen molar-refractivity contribution in [3.8, 4) is 23.0 Å². The first-order valence-corrected chi connectivity index (χ1v) is 14.9. The van der Waals surface area contributed by atoms with Crippen molar-refractivity contribution in [3.05, 3.63) is 89.5 Å². The zero-order chi connectivity index (χ0) is 30.6. The molecule has 1 atom stereocenters. The predicted octanol–water partition coefficient (Wildman–Crippen LogP) is 4.93. The summed E-state index contributed by atoms with van der Waals surface area (Å²) in [4.78, 5) is 32.4. The highest BCUT2D eigenvalue weighted by Crippen LogP contribution is 2.38. The number of hydrogen-bond donors (Lipinski definition) is 0. The van der Waals surface area contributed by atoms with Crippen LogP contribution in [0.2, 0.25) is 0 Å². The van der Waals surface area contributed by atoms with Crippen molar-refractivity contribution in [2.45, 2.75) is 39.8 Å². The topological polar surface area (TPSA) is 97.6 Å². The summed E-state index contributed by atoms with van der Waals surface area (Å²) in [5, 5.41) is 0. The SMILES string of the molecule is C=CCOc1c(Br)cc(/C=c2\sc3n(c2=O)[C@@H](c2ccc(OC(C)C)c(OC)c2)C(C(=O)OCC)=C(C)N=3)cc1OC.